The number of nitrogens with one attached hydrogen (secondary N) is 2. The minimum Gasteiger partial charge on any atom is -0.325 e. The molecule has 0 atom stereocenters. The molecule has 3 aromatic rings. The summed E-state index contributed by atoms with van der Waals surface area (Å²) in [7, 11) is 0. The molecule has 2 N–H and O–H groups in total. The third-order valence-electron chi connectivity index (χ3n) is 5.79. The van der Waals surface area contributed by atoms with Crippen molar-refractivity contribution < 1.29 is 4.79 Å². The molecule has 1 aliphatic carbocycles. The molecule has 7 heteroatoms. The fourth-order valence-electron chi connectivity index (χ4n) is 4.18. The highest BCUT2D eigenvalue weighted by Gasteiger charge is 2.38. The molecule has 1 saturated carbocycles. The second-order valence-electron chi connectivity index (χ2n) is 7.96. The number of carbonyl (C=O) groups is 1. The number of rotatable bonds is 3. The van der Waals surface area contributed by atoms with E-state index in [0.29, 0.717) is 11.9 Å². The van der Waals surface area contributed by atoms with Gasteiger partial charge in [-0.1, -0.05) is 18.9 Å². The lowest BCUT2D eigenvalue weighted by atomic mass is 9.86. The number of nitrogens with zero attached hydrogens (tertiary/aromatic N) is 4. The van der Waals surface area contributed by atoms with Gasteiger partial charge in [-0.05, 0) is 44.4 Å². The summed E-state index contributed by atoms with van der Waals surface area (Å²) in [4.78, 5) is 21.4. The molecule has 0 bridgehead atoms. The Labute approximate surface area is 157 Å². The van der Waals surface area contributed by atoms with Crippen molar-refractivity contribution in [1.82, 2.24) is 19.6 Å². The summed E-state index contributed by atoms with van der Waals surface area (Å²) in [6, 6.07) is 5.88. The lowest BCUT2D eigenvalue weighted by Gasteiger charge is -2.14. The van der Waals surface area contributed by atoms with Crippen molar-refractivity contribution in [2.24, 2.45) is 0 Å². The molecular weight excluding hydrogens is 340 g/mol. The van der Waals surface area contributed by atoms with Gasteiger partial charge in [0.15, 0.2) is 5.65 Å². The van der Waals surface area contributed by atoms with E-state index in [-0.39, 0.29) is 5.91 Å². The molecule has 1 aromatic carbocycles. The van der Waals surface area contributed by atoms with E-state index in [1.165, 1.54) is 25.7 Å². The fraction of sp³-hybridized carbons (Fsp3) is 0.400. The van der Waals surface area contributed by atoms with E-state index in [0.717, 1.165) is 28.3 Å². The Bertz CT molecular complexity index is 1050. The molecule has 0 saturated heterocycles. The molecule has 1 aliphatic heterocycles. The molecular formula is C20H22N6O. The van der Waals surface area contributed by atoms with Gasteiger partial charge in [0.05, 0.1) is 11.1 Å². The maximum absolute atomic E-state index is 12.1. The maximum Gasteiger partial charge on any atom is 0.247 e. The number of hydrogen-bond donors (Lipinski definition) is 2. The van der Waals surface area contributed by atoms with Crippen LogP contribution in [-0.4, -0.2) is 25.5 Å². The molecule has 1 fully saturated rings. The third-order valence-corrected chi connectivity index (χ3v) is 5.79. The molecule has 27 heavy (non-hydrogen) atoms. The van der Waals surface area contributed by atoms with E-state index in [4.69, 9.17) is 0 Å². The summed E-state index contributed by atoms with van der Waals surface area (Å²) < 4.78 is 1.79. The molecule has 5 rings (SSSR count). The first-order valence-corrected chi connectivity index (χ1v) is 9.47. The van der Waals surface area contributed by atoms with Gasteiger partial charge in [-0.3, -0.25) is 9.78 Å². The van der Waals surface area contributed by atoms with Crippen molar-refractivity contribution in [3.05, 3.63) is 41.9 Å². The fourth-order valence-corrected chi connectivity index (χ4v) is 4.18. The van der Waals surface area contributed by atoms with Crippen molar-refractivity contribution in [2.45, 2.75) is 50.9 Å². The number of benzene rings is 1. The van der Waals surface area contributed by atoms with Crippen LogP contribution in [0.5, 0.6) is 0 Å². The Morgan fingerprint density at radius 2 is 2.07 bits per heavy atom. The van der Waals surface area contributed by atoms with Gasteiger partial charge in [0.1, 0.15) is 0 Å². The van der Waals surface area contributed by atoms with Crippen LogP contribution in [0.3, 0.4) is 0 Å². The van der Waals surface area contributed by atoms with Gasteiger partial charge in [-0.2, -0.15) is 4.98 Å². The predicted molar refractivity (Wildman–Crippen MR) is 103 cm³/mol. The monoisotopic (exact) mass is 362 g/mol. The number of hydrogen-bond acceptors (Lipinski definition) is 5. The smallest absolute Gasteiger partial charge is 0.247 e. The average Bonchev–Trinajstić information content (AvgIpc) is 3.34. The normalized spacial score (nSPS) is 18.7. The van der Waals surface area contributed by atoms with Gasteiger partial charge in [-0.25, -0.2) is 4.52 Å². The average molecular weight is 362 g/mol. The number of fused-ring (bicyclic) bond motifs is 2. The van der Waals surface area contributed by atoms with E-state index in [1.807, 2.05) is 38.2 Å². The van der Waals surface area contributed by atoms with E-state index in [2.05, 4.69) is 25.7 Å². The van der Waals surface area contributed by atoms with Crippen LogP contribution in [0.2, 0.25) is 0 Å². The highest BCUT2D eigenvalue weighted by molar-refractivity contribution is 6.06. The van der Waals surface area contributed by atoms with Crippen LogP contribution in [0.25, 0.3) is 5.65 Å². The van der Waals surface area contributed by atoms with Gasteiger partial charge in [0.25, 0.3) is 0 Å². The number of carbonyl (C=O) groups excluding carboxylic acids is 1. The van der Waals surface area contributed by atoms with Crippen molar-refractivity contribution in [3.8, 4) is 0 Å². The van der Waals surface area contributed by atoms with Gasteiger partial charge >= 0.3 is 0 Å². The standard InChI is InChI=1S/C20H22N6O/c1-20(2)14-8-7-13(11-15(14)23-18(20)27)22-19-24-17-16(12-5-3-4-6-12)21-9-10-26(17)25-19/h7-12H,3-6H2,1-2H3,(H,22,25)(H,23,27). The Kier molecular flexibility index (Phi) is 3.47. The Morgan fingerprint density at radius 1 is 1.26 bits per heavy atom. The largest absolute Gasteiger partial charge is 0.325 e. The molecule has 7 nitrogen and oxygen atoms in total. The second kappa shape index (κ2) is 5.77. The Balaban J connectivity index is 1.47. The molecule has 3 heterocycles. The Hall–Kier alpha value is -2.96. The van der Waals surface area contributed by atoms with Crippen LogP contribution < -0.4 is 10.6 Å². The first-order chi connectivity index (χ1) is 13.0. The van der Waals surface area contributed by atoms with Crippen molar-refractivity contribution >= 4 is 28.9 Å². The lowest BCUT2D eigenvalue weighted by Crippen LogP contribution is -2.26. The SMILES string of the molecule is CC1(C)C(=O)Nc2cc(Nc3nc4c(C5CCCC5)nccn4n3)ccc21. The summed E-state index contributed by atoms with van der Waals surface area (Å²) in [5.41, 5.74) is 4.05. The number of anilines is 3. The van der Waals surface area contributed by atoms with E-state index in [1.54, 1.807) is 10.7 Å². The third kappa shape index (κ3) is 2.57. The zero-order chi connectivity index (χ0) is 18.6. The topological polar surface area (TPSA) is 84.2 Å². The zero-order valence-corrected chi connectivity index (χ0v) is 15.5. The van der Waals surface area contributed by atoms with Crippen molar-refractivity contribution in [3.63, 3.8) is 0 Å². The second-order valence-corrected chi connectivity index (χ2v) is 7.96. The van der Waals surface area contributed by atoms with Crippen LogP contribution in [0.1, 0.15) is 56.7 Å². The van der Waals surface area contributed by atoms with Crippen LogP contribution in [0, 0.1) is 0 Å². The van der Waals surface area contributed by atoms with Gasteiger partial charge in [0, 0.05) is 29.7 Å². The number of aromatic nitrogens is 4. The van der Waals surface area contributed by atoms with Crippen LogP contribution in [0.4, 0.5) is 17.3 Å². The predicted octanol–water partition coefficient (Wildman–Crippen LogP) is 3.76. The van der Waals surface area contributed by atoms with E-state index in [9.17, 15) is 4.79 Å². The molecule has 0 radical (unpaired) electrons. The first kappa shape index (κ1) is 16.2. The van der Waals surface area contributed by atoms with Gasteiger partial charge in [-0.15, -0.1) is 5.10 Å². The summed E-state index contributed by atoms with van der Waals surface area (Å²) in [6.45, 7) is 3.87. The quantitative estimate of drug-likeness (QED) is 0.741. The Morgan fingerprint density at radius 3 is 2.89 bits per heavy atom. The number of amides is 1. The van der Waals surface area contributed by atoms with Crippen LogP contribution in [-0.2, 0) is 10.2 Å². The highest BCUT2D eigenvalue weighted by atomic mass is 16.2. The summed E-state index contributed by atoms with van der Waals surface area (Å²) >= 11 is 0. The van der Waals surface area contributed by atoms with Crippen LogP contribution >= 0.6 is 0 Å². The minimum absolute atomic E-state index is 0.0211. The molecule has 0 spiro atoms. The molecule has 138 valence electrons. The molecule has 1 amide bonds. The minimum atomic E-state index is -0.503. The molecule has 2 aliphatic rings. The molecule has 2 aromatic heterocycles. The van der Waals surface area contributed by atoms with E-state index < -0.39 is 5.41 Å². The summed E-state index contributed by atoms with van der Waals surface area (Å²) in [6.07, 6.45) is 8.47. The van der Waals surface area contributed by atoms with Gasteiger partial charge in [0.2, 0.25) is 11.9 Å². The summed E-state index contributed by atoms with van der Waals surface area (Å²) in [5.74, 6) is 1.03. The maximum atomic E-state index is 12.1. The lowest BCUT2D eigenvalue weighted by molar-refractivity contribution is -0.119. The summed E-state index contributed by atoms with van der Waals surface area (Å²) in [5, 5.41) is 10.8. The van der Waals surface area contributed by atoms with Crippen molar-refractivity contribution in [1.29, 1.82) is 0 Å². The first-order valence-electron chi connectivity index (χ1n) is 9.47. The van der Waals surface area contributed by atoms with Crippen molar-refractivity contribution in [2.75, 3.05) is 10.6 Å². The van der Waals surface area contributed by atoms with Crippen LogP contribution in [0.15, 0.2) is 30.6 Å². The van der Waals surface area contributed by atoms with E-state index >= 15 is 0 Å². The zero-order valence-electron chi connectivity index (χ0n) is 15.5. The van der Waals surface area contributed by atoms with Gasteiger partial charge < -0.3 is 10.6 Å². The molecule has 0 unspecified atom stereocenters. The highest BCUT2D eigenvalue weighted by Crippen LogP contribution is 2.39.